The van der Waals surface area contributed by atoms with Crippen molar-refractivity contribution in [2.24, 2.45) is 0 Å². The zero-order valence-electron chi connectivity index (χ0n) is 10.7. The zero-order chi connectivity index (χ0) is 13.9. The highest BCUT2D eigenvalue weighted by Gasteiger charge is 2.05. The second-order valence-electron chi connectivity index (χ2n) is 4.63. The van der Waals surface area contributed by atoms with Crippen LogP contribution in [-0.2, 0) is 11.2 Å². The third-order valence-corrected chi connectivity index (χ3v) is 3.11. The molecule has 0 bridgehead atoms. The number of aromatic nitrogens is 1. The van der Waals surface area contributed by atoms with E-state index < -0.39 is 0 Å². The summed E-state index contributed by atoms with van der Waals surface area (Å²) in [6.07, 6.45) is 2.16. The lowest BCUT2D eigenvalue weighted by Gasteiger charge is -2.05. The molecule has 0 aliphatic carbocycles. The van der Waals surface area contributed by atoms with Crippen LogP contribution in [0.25, 0.3) is 10.9 Å². The molecule has 0 aliphatic rings. The van der Waals surface area contributed by atoms with Gasteiger partial charge in [-0.1, -0.05) is 6.07 Å². The molecule has 3 rings (SSSR count). The Bertz CT molecular complexity index is 747. The van der Waals surface area contributed by atoms with Gasteiger partial charge in [-0.25, -0.2) is 4.39 Å². The maximum Gasteiger partial charge on any atom is 0.228 e. The number of hydrogen-bond acceptors (Lipinski definition) is 1. The summed E-state index contributed by atoms with van der Waals surface area (Å²) in [5, 5.41) is 3.83. The highest BCUT2D eigenvalue weighted by atomic mass is 19.1. The van der Waals surface area contributed by atoms with Crippen LogP contribution in [0.4, 0.5) is 10.1 Å². The van der Waals surface area contributed by atoms with Gasteiger partial charge in [-0.3, -0.25) is 4.79 Å². The van der Waals surface area contributed by atoms with E-state index in [1.807, 2.05) is 30.5 Å². The van der Waals surface area contributed by atoms with Crippen molar-refractivity contribution in [2.75, 3.05) is 5.32 Å². The smallest absolute Gasteiger partial charge is 0.228 e. The highest BCUT2D eigenvalue weighted by molar-refractivity contribution is 5.93. The molecule has 2 N–H and O–H groups in total. The third kappa shape index (κ3) is 2.69. The van der Waals surface area contributed by atoms with Crippen molar-refractivity contribution in [2.45, 2.75) is 6.42 Å². The summed E-state index contributed by atoms with van der Waals surface area (Å²) >= 11 is 0. The second kappa shape index (κ2) is 5.17. The van der Waals surface area contributed by atoms with E-state index in [1.54, 1.807) is 12.1 Å². The Balaban J connectivity index is 1.70. The molecular weight excluding hydrogens is 255 g/mol. The van der Waals surface area contributed by atoms with E-state index in [4.69, 9.17) is 0 Å². The van der Waals surface area contributed by atoms with Gasteiger partial charge in [0.15, 0.2) is 0 Å². The minimum absolute atomic E-state index is 0.119. The summed E-state index contributed by atoms with van der Waals surface area (Å²) in [6, 6.07) is 13.6. The first-order chi connectivity index (χ1) is 9.70. The SMILES string of the molecule is O=C(Cc1ccc2[nH]ccc2c1)Nc1ccc(F)cc1. The molecule has 0 unspecified atom stereocenters. The van der Waals surface area contributed by atoms with Gasteiger partial charge in [0.05, 0.1) is 6.42 Å². The van der Waals surface area contributed by atoms with Gasteiger partial charge in [0.25, 0.3) is 0 Å². The minimum atomic E-state index is -0.319. The molecule has 0 spiro atoms. The minimum Gasteiger partial charge on any atom is -0.361 e. The summed E-state index contributed by atoms with van der Waals surface area (Å²) in [4.78, 5) is 15.0. The fourth-order valence-corrected chi connectivity index (χ4v) is 2.14. The van der Waals surface area contributed by atoms with Crippen LogP contribution in [0.15, 0.2) is 54.7 Å². The molecule has 100 valence electrons. The van der Waals surface area contributed by atoms with Gasteiger partial charge in [-0.2, -0.15) is 0 Å². The van der Waals surface area contributed by atoms with Gasteiger partial charge in [0, 0.05) is 17.4 Å². The number of hydrogen-bond donors (Lipinski definition) is 2. The first-order valence-corrected chi connectivity index (χ1v) is 6.32. The van der Waals surface area contributed by atoms with Crippen molar-refractivity contribution in [1.29, 1.82) is 0 Å². The Kier molecular flexibility index (Phi) is 3.21. The number of halogens is 1. The molecule has 0 saturated heterocycles. The van der Waals surface area contributed by atoms with E-state index in [0.29, 0.717) is 12.1 Å². The van der Waals surface area contributed by atoms with Crippen LogP contribution in [0.5, 0.6) is 0 Å². The van der Waals surface area contributed by atoms with Crippen molar-refractivity contribution < 1.29 is 9.18 Å². The fraction of sp³-hybridized carbons (Fsp3) is 0.0625. The molecule has 3 aromatic rings. The van der Waals surface area contributed by atoms with Crippen LogP contribution >= 0.6 is 0 Å². The van der Waals surface area contributed by atoms with Crippen molar-refractivity contribution >= 4 is 22.5 Å². The lowest BCUT2D eigenvalue weighted by atomic mass is 10.1. The number of aromatic amines is 1. The van der Waals surface area contributed by atoms with Gasteiger partial charge < -0.3 is 10.3 Å². The van der Waals surface area contributed by atoms with Crippen LogP contribution in [0.1, 0.15) is 5.56 Å². The van der Waals surface area contributed by atoms with E-state index in [2.05, 4.69) is 10.3 Å². The Hall–Kier alpha value is -2.62. The maximum atomic E-state index is 12.8. The van der Waals surface area contributed by atoms with Gasteiger partial charge in [0.2, 0.25) is 5.91 Å². The molecule has 1 aromatic heterocycles. The van der Waals surface area contributed by atoms with Gasteiger partial charge in [-0.05, 0) is 53.4 Å². The monoisotopic (exact) mass is 268 g/mol. The molecule has 1 heterocycles. The van der Waals surface area contributed by atoms with Crippen LogP contribution in [0.3, 0.4) is 0 Å². The number of H-pyrrole nitrogens is 1. The first-order valence-electron chi connectivity index (χ1n) is 6.32. The quantitative estimate of drug-likeness (QED) is 0.750. The summed E-state index contributed by atoms with van der Waals surface area (Å²) < 4.78 is 12.8. The maximum absolute atomic E-state index is 12.8. The number of fused-ring (bicyclic) bond motifs is 1. The average Bonchev–Trinajstić information content (AvgIpc) is 2.89. The largest absolute Gasteiger partial charge is 0.361 e. The Labute approximate surface area is 115 Å². The summed E-state index contributed by atoms with van der Waals surface area (Å²) in [6.45, 7) is 0. The molecule has 3 nitrogen and oxygen atoms in total. The molecular formula is C16H13FN2O. The predicted molar refractivity (Wildman–Crippen MR) is 77.0 cm³/mol. The highest BCUT2D eigenvalue weighted by Crippen LogP contribution is 2.15. The lowest BCUT2D eigenvalue weighted by molar-refractivity contribution is -0.115. The zero-order valence-corrected chi connectivity index (χ0v) is 10.7. The Morgan fingerprint density at radius 3 is 2.70 bits per heavy atom. The first kappa shape index (κ1) is 12.4. The molecule has 20 heavy (non-hydrogen) atoms. The van der Waals surface area contributed by atoms with Crippen LogP contribution < -0.4 is 5.32 Å². The number of carbonyl (C=O) groups excluding carboxylic acids is 1. The lowest BCUT2D eigenvalue weighted by Crippen LogP contribution is -2.14. The number of nitrogens with one attached hydrogen (secondary N) is 2. The third-order valence-electron chi connectivity index (χ3n) is 3.11. The number of carbonyl (C=O) groups is 1. The number of anilines is 1. The van der Waals surface area contributed by atoms with Crippen LogP contribution in [0, 0.1) is 5.82 Å². The van der Waals surface area contributed by atoms with Crippen molar-refractivity contribution in [3.63, 3.8) is 0 Å². The summed E-state index contributed by atoms with van der Waals surface area (Å²) in [7, 11) is 0. The second-order valence-corrected chi connectivity index (χ2v) is 4.63. The van der Waals surface area contributed by atoms with E-state index in [1.165, 1.54) is 12.1 Å². The molecule has 0 fully saturated rings. The van der Waals surface area contributed by atoms with Gasteiger partial charge in [0.1, 0.15) is 5.82 Å². The standard InChI is InChI=1S/C16H13FN2O/c17-13-2-4-14(5-3-13)19-16(20)10-11-1-6-15-12(9-11)7-8-18-15/h1-9,18H,10H2,(H,19,20). The number of rotatable bonds is 3. The normalized spacial score (nSPS) is 10.7. The van der Waals surface area contributed by atoms with Crippen molar-refractivity contribution in [3.8, 4) is 0 Å². The average molecular weight is 268 g/mol. The van der Waals surface area contributed by atoms with Crippen LogP contribution in [0.2, 0.25) is 0 Å². The summed E-state index contributed by atoms with van der Waals surface area (Å²) in [5.41, 5.74) is 2.59. The summed E-state index contributed by atoms with van der Waals surface area (Å²) in [5.74, 6) is -0.438. The molecule has 4 heteroatoms. The van der Waals surface area contributed by atoms with Crippen molar-refractivity contribution in [3.05, 3.63) is 66.1 Å². The number of benzene rings is 2. The molecule has 1 amide bonds. The Morgan fingerprint density at radius 2 is 1.90 bits per heavy atom. The molecule has 2 aromatic carbocycles. The van der Waals surface area contributed by atoms with Crippen molar-refractivity contribution in [1.82, 2.24) is 4.98 Å². The van der Waals surface area contributed by atoms with Gasteiger partial charge >= 0.3 is 0 Å². The fourth-order valence-electron chi connectivity index (χ4n) is 2.14. The number of amides is 1. The predicted octanol–water partition coefficient (Wildman–Crippen LogP) is 3.49. The molecule has 0 saturated carbocycles. The van der Waals surface area contributed by atoms with E-state index in [-0.39, 0.29) is 11.7 Å². The molecule has 0 radical (unpaired) electrons. The molecule has 0 atom stereocenters. The molecule has 0 aliphatic heterocycles. The van der Waals surface area contributed by atoms with Crippen LogP contribution in [-0.4, -0.2) is 10.9 Å². The van der Waals surface area contributed by atoms with Gasteiger partial charge in [-0.15, -0.1) is 0 Å². The topological polar surface area (TPSA) is 44.9 Å². The van der Waals surface area contributed by atoms with E-state index >= 15 is 0 Å². The Morgan fingerprint density at radius 1 is 1.10 bits per heavy atom. The van der Waals surface area contributed by atoms with E-state index in [0.717, 1.165) is 16.5 Å². The van der Waals surface area contributed by atoms with E-state index in [9.17, 15) is 9.18 Å².